The second-order valence-corrected chi connectivity index (χ2v) is 5.62. The highest BCUT2D eigenvalue weighted by atomic mass is 14.9. The van der Waals surface area contributed by atoms with Crippen molar-refractivity contribution in [2.24, 2.45) is 23.2 Å². The number of hydrogen-bond donors (Lipinski definition) is 1. The van der Waals surface area contributed by atoms with E-state index in [0.29, 0.717) is 5.41 Å². The Morgan fingerprint density at radius 1 is 1.31 bits per heavy atom. The van der Waals surface area contributed by atoms with E-state index in [9.17, 15) is 0 Å². The molecule has 0 amide bonds. The third-order valence-corrected chi connectivity index (χ3v) is 4.82. The second-order valence-electron chi connectivity index (χ2n) is 5.62. The van der Waals surface area contributed by atoms with Crippen LogP contribution in [-0.2, 0) is 0 Å². The molecule has 13 heavy (non-hydrogen) atoms. The largest absolute Gasteiger partial charge is 0.314 e. The maximum Gasteiger partial charge on any atom is 0.00982 e. The van der Waals surface area contributed by atoms with Crippen molar-refractivity contribution in [3.05, 3.63) is 0 Å². The van der Waals surface area contributed by atoms with Gasteiger partial charge in [-0.3, -0.25) is 0 Å². The van der Waals surface area contributed by atoms with Crippen LogP contribution in [0.3, 0.4) is 0 Å². The second kappa shape index (κ2) is 2.98. The summed E-state index contributed by atoms with van der Waals surface area (Å²) in [7, 11) is 0. The minimum Gasteiger partial charge on any atom is -0.314 e. The van der Waals surface area contributed by atoms with Crippen molar-refractivity contribution in [3.8, 4) is 0 Å². The van der Waals surface area contributed by atoms with Crippen LogP contribution in [0.15, 0.2) is 0 Å². The van der Waals surface area contributed by atoms with Crippen molar-refractivity contribution in [2.45, 2.75) is 46.6 Å². The molecule has 76 valence electrons. The fourth-order valence-electron chi connectivity index (χ4n) is 3.68. The van der Waals surface area contributed by atoms with Crippen LogP contribution < -0.4 is 5.32 Å². The molecule has 0 aliphatic heterocycles. The highest BCUT2D eigenvalue weighted by Gasteiger charge is 2.55. The van der Waals surface area contributed by atoms with E-state index in [1.165, 1.54) is 12.8 Å². The van der Waals surface area contributed by atoms with Gasteiger partial charge in [0.2, 0.25) is 0 Å². The standard InChI is InChI=1S/C12H23N/c1-5-13-11-7-9-6-10(8(11)2)12(9,3)4/h8-11,13H,5-7H2,1-4H3/t8-,9+,10-,11-/m1/s1. The summed E-state index contributed by atoms with van der Waals surface area (Å²) in [5, 5.41) is 3.63. The molecule has 0 aromatic rings. The van der Waals surface area contributed by atoms with Gasteiger partial charge in [-0.2, -0.15) is 0 Å². The van der Waals surface area contributed by atoms with Gasteiger partial charge in [0.05, 0.1) is 0 Å². The summed E-state index contributed by atoms with van der Waals surface area (Å²) in [4.78, 5) is 0. The predicted octanol–water partition coefficient (Wildman–Crippen LogP) is 2.67. The van der Waals surface area contributed by atoms with Crippen molar-refractivity contribution in [3.63, 3.8) is 0 Å². The number of nitrogens with one attached hydrogen (secondary N) is 1. The summed E-state index contributed by atoms with van der Waals surface area (Å²) in [6, 6.07) is 0.807. The Morgan fingerprint density at radius 3 is 2.46 bits per heavy atom. The smallest absolute Gasteiger partial charge is 0.00982 e. The molecule has 0 unspecified atom stereocenters. The van der Waals surface area contributed by atoms with Crippen molar-refractivity contribution >= 4 is 0 Å². The van der Waals surface area contributed by atoms with E-state index in [-0.39, 0.29) is 0 Å². The molecule has 0 radical (unpaired) electrons. The van der Waals surface area contributed by atoms with Crippen LogP contribution >= 0.6 is 0 Å². The first-order valence-electron chi connectivity index (χ1n) is 5.80. The third kappa shape index (κ3) is 1.24. The number of fused-ring (bicyclic) bond motifs is 2. The Labute approximate surface area is 82.3 Å². The molecule has 3 fully saturated rings. The van der Waals surface area contributed by atoms with Crippen molar-refractivity contribution in [1.29, 1.82) is 0 Å². The third-order valence-electron chi connectivity index (χ3n) is 4.82. The van der Waals surface area contributed by atoms with E-state index in [4.69, 9.17) is 0 Å². The fraction of sp³-hybridized carbons (Fsp3) is 1.00. The van der Waals surface area contributed by atoms with Crippen molar-refractivity contribution in [2.75, 3.05) is 6.54 Å². The molecule has 3 aliphatic rings. The summed E-state index contributed by atoms with van der Waals surface area (Å²) in [6.07, 6.45) is 2.91. The number of rotatable bonds is 2. The lowest BCUT2D eigenvalue weighted by atomic mass is 9.45. The molecule has 0 heterocycles. The van der Waals surface area contributed by atoms with Crippen LogP contribution in [0.4, 0.5) is 0 Å². The molecule has 3 saturated carbocycles. The zero-order chi connectivity index (χ0) is 9.64. The Kier molecular flexibility index (Phi) is 2.18. The Morgan fingerprint density at radius 2 is 2.00 bits per heavy atom. The lowest BCUT2D eigenvalue weighted by Gasteiger charge is -2.62. The topological polar surface area (TPSA) is 12.0 Å². The summed E-state index contributed by atoms with van der Waals surface area (Å²) in [5.41, 5.74) is 0.644. The molecule has 2 bridgehead atoms. The summed E-state index contributed by atoms with van der Waals surface area (Å²) < 4.78 is 0. The molecule has 0 aromatic heterocycles. The van der Waals surface area contributed by atoms with E-state index in [1.54, 1.807) is 0 Å². The van der Waals surface area contributed by atoms with Gasteiger partial charge in [0.25, 0.3) is 0 Å². The fourth-order valence-corrected chi connectivity index (χ4v) is 3.68. The lowest BCUT2D eigenvalue weighted by molar-refractivity contribution is -0.114. The SMILES string of the molecule is CCN[C@@H]1C[C@@H]2C[C@H]([C@H]1C)C2(C)C. The molecule has 1 heteroatoms. The highest BCUT2D eigenvalue weighted by molar-refractivity contribution is 5.06. The molecule has 0 saturated heterocycles. The quantitative estimate of drug-likeness (QED) is 0.690. The van der Waals surface area contributed by atoms with Crippen molar-refractivity contribution < 1.29 is 0 Å². The van der Waals surface area contributed by atoms with E-state index < -0.39 is 0 Å². The predicted molar refractivity (Wildman–Crippen MR) is 56.6 cm³/mol. The molecule has 0 aromatic carbocycles. The monoisotopic (exact) mass is 181 g/mol. The zero-order valence-electron chi connectivity index (χ0n) is 9.43. The Hall–Kier alpha value is -0.0400. The van der Waals surface area contributed by atoms with Gasteiger partial charge >= 0.3 is 0 Å². The van der Waals surface area contributed by atoms with E-state index in [2.05, 4.69) is 33.0 Å². The van der Waals surface area contributed by atoms with Gasteiger partial charge in [-0.1, -0.05) is 27.7 Å². The van der Waals surface area contributed by atoms with Crippen molar-refractivity contribution in [1.82, 2.24) is 5.32 Å². The van der Waals surface area contributed by atoms with E-state index in [0.717, 1.165) is 30.3 Å². The highest BCUT2D eigenvalue weighted by Crippen LogP contribution is 2.61. The zero-order valence-corrected chi connectivity index (χ0v) is 9.43. The number of hydrogen-bond acceptors (Lipinski definition) is 1. The molecule has 1 N–H and O–H groups in total. The molecule has 3 rings (SSSR count). The van der Waals surface area contributed by atoms with Crippen LogP contribution in [0.25, 0.3) is 0 Å². The summed E-state index contributed by atoms with van der Waals surface area (Å²) in [5.74, 6) is 2.87. The van der Waals surface area contributed by atoms with Gasteiger partial charge in [0.1, 0.15) is 0 Å². The summed E-state index contributed by atoms with van der Waals surface area (Å²) in [6.45, 7) is 10.7. The van der Waals surface area contributed by atoms with Gasteiger partial charge in [-0.25, -0.2) is 0 Å². The molecule has 4 atom stereocenters. The molecular weight excluding hydrogens is 158 g/mol. The minimum atomic E-state index is 0.644. The van der Waals surface area contributed by atoms with Gasteiger partial charge in [-0.05, 0) is 42.6 Å². The average Bonchev–Trinajstić information content (AvgIpc) is 2.08. The van der Waals surface area contributed by atoms with Gasteiger partial charge in [0.15, 0.2) is 0 Å². The normalized spacial score (nSPS) is 47.1. The Bertz CT molecular complexity index is 197. The maximum atomic E-state index is 3.63. The van der Waals surface area contributed by atoms with E-state index >= 15 is 0 Å². The average molecular weight is 181 g/mol. The minimum absolute atomic E-state index is 0.644. The van der Waals surface area contributed by atoms with Crippen LogP contribution in [0, 0.1) is 23.2 Å². The van der Waals surface area contributed by atoms with Crippen LogP contribution in [-0.4, -0.2) is 12.6 Å². The van der Waals surface area contributed by atoms with Gasteiger partial charge in [0, 0.05) is 6.04 Å². The van der Waals surface area contributed by atoms with Crippen LogP contribution in [0.5, 0.6) is 0 Å². The van der Waals surface area contributed by atoms with Crippen LogP contribution in [0.1, 0.15) is 40.5 Å². The van der Waals surface area contributed by atoms with E-state index in [1.807, 2.05) is 0 Å². The first-order chi connectivity index (χ1) is 6.07. The maximum absolute atomic E-state index is 3.63. The first-order valence-corrected chi connectivity index (χ1v) is 5.80. The molecule has 0 spiro atoms. The lowest BCUT2D eigenvalue weighted by Crippen LogP contribution is -2.59. The molecule has 1 nitrogen and oxygen atoms in total. The Balaban J connectivity index is 2.03. The molecule has 3 aliphatic carbocycles. The van der Waals surface area contributed by atoms with Gasteiger partial charge < -0.3 is 5.32 Å². The van der Waals surface area contributed by atoms with Crippen LogP contribution in [0.2, 0.25) is 0 Å². The molecular formula is C12H23N. The first kappa shape index (κ1) is 9.51. The van der Waals surface area contributed by atoms with Gasteiger partial charge in [-0.15, -0.1) is 0 Å². The summed E-state index contributed by atoms with van der Waals surface area (Å²) >= 11 is 0.